The zero-order valence-corrected chi connectivity index (χ0v) is 14.1. The molecule has 1 aromatic carbocycles. The van der Waals surface area contributed by atoms with E-state index in [0.29, 0.717) is 18.1 Å². The van der Waals surface area contributed by atoms with E-state index in [9.17, 15) is 19.5 Å². The minimum Gasteiger partial charge on any atom is -0.481 e. The van der Waals surface area contributed by atoms with E-state index in [0.717, 1.165) is 5.56 Å². The summed E-state index contributed by atoms with van der Waals surface area (Å²) in [5, 5.41) is 10.1. The van der Waals surface area contributed by atoms with E-state index in [2.05, 4.69) is 0 Å². The Labute approximate surface area is 145 Å². The Kier molecular flexibility index (Phi) is 4.49. The molecule has 24 heavy (non-hydrogen) atoms. The fraction of sp³-hybridized carbons (Fsp3) is 0.471. The molecule has 128 valence electrons. The number of benzene rings is 1. The Hall–Kier alpha value is -2.08. The van der Waals surface area contributed by atoms with Gasteiger partial charge >= 0.3 is 5.97 Å². The van der Waals surface area contributed by atoms with Gasteiger partial charge in [-0.15, -0.1) is 0 Å². The molecule has 7 heteroatoms. The molecule has 6 nitrogen and oxygen atoms in total. The molecule has 0 radical (unpaired) electrons. The summed E-state index contributed by atoms with van der Waals surface area (Å²) in [6.07, 6.45) is 0.204. The van der Waals surface area contributed by atoms with Crippen LogP contribution in [0.3, 0.4) is 0 Å². The standard InChI is InChI=1S/C17H19ClN2O4/c1-19-7-11(6-15(19)21)16(22)20-8-13(14(9-20)17(23)24)10-2-4-12(18)5-3-10/h2-5,11,13-14H,6-9H2,1H3,(H,23,24)/t11?,13-,14+/m0/s1. The van der Waals surface area contributed by atoms with E-state index in [1.165, 1.54) is 0 Å². The van der Waals surface area contributed by atoms with E-state index in [1.807, 2.05) is 12.1 Å². The molecule has 0 spiro atoms. The maximum Gasteiger partial charge on any atom is 0.308 e. The number of rotatable bonds is 3. The summed E-state index contributed by atoms with van der Waals surface area (Å²) in [5.41, 5.74) is 0.863. The molecule has 1 N–H and O–H groups in total. The van der Waals surface area contributed by atoms with Crippen LogP contribution in [0.2, 0.25) is 5.02 Å². The maximum absolute atomic E-state index is 12.7. The minimum atomic E-state index is -0.912. The molecule has 2 fully saturated rings. The van der Waals surface area contributed by atoms with Crippen molar-refractivity contribution in [3.63, 3.8) is 0 Å². The predicted octanol–water partition coefficient (Wildman–Crippen LogP) is 1.44. The van der Waals surface area contributed by atoms with Crippen LogP contribution in [0.1, 0.15) is 17.9 Å². The van der Waals surface area contributed by atoms with Crippen molar-refractivity contribution >= 4 is 29.4 Å². The van der Waals surface area contributed by atoms with Gasteiger partial charge in [-0.1, -0.05) is 23.7 Å². The third kappa shape index (κ3) is 3.11. The van der Waals surface area contributed by atoms with E-state index in [-0.39, 0.29) is 36.6 Å². The molecule has 2 amide bonds. The molecular weight excluding hydrogens is 332 g/mol. The first kappa shape index (κ1) is 16.8. The number of likely N-dealkylation sites (tertiary alicyclic amines) is 2. The molecule has 0 saturated carbocycles. The first-order valence-electron chi connectivity index (χ1n) is 7.88. The molecule has 1 aromatic rings. The van der Waals surface area contributed by atoms with Crippen LogP contribution in [0.15, 0.2) is 24.3 Å². The van der Waals surface area contributed by atoms with Crippen LogP contribution in [0.4, 0.5) is 0 Å². The Balaban J connectivity index is 1.77. The molecule has 2 aliphatic heterocycles. The quantitative estimate of drug-likeness (QED) is 0.895. The Morgan fingerprint density at radius 3 is 2.38 bits per heavy atom. The van der Waals surface area contributed by atoms with Gasteiger partial charge in [-0.3, -0.25) is 14.4 Å². The predicted molar refractivity (Wildman–Crippen MR) is 87.6 cm³/mol. The number of carbonyl (C=O) groups is 3. The van der Waals surface area contributed by atoms with Crippen LogP contribution < -0.4 is 0 Å². The summed E-state index contributed by atoms with van der Waals surface area (Å²) in [7, 11) is 1.68. The van der Waals surface area contributed by atoms with Crippen LogP contribution in [-0.2, 0) is 14.4 Å². The number of hydrogen-bond acceptors (Lipinski definition) is 3. The highest BCUT2D eigenvalue weighted by atomic mass is 35.5. The second-order valence-electron chi connectivity index (χ2n) is 6.52. The van der Waals surface area contributed by atoms with Gasteiger partial charge in [0, 0.05) is 44.0 Å². The smallest absolute Gasteiger partial charge is 0.308 e. The van der Waals surface area contributed by atoms with E-state index in [1.54, 1.807) is 29.0 Å². The molecular formula is C17H19ClN2O4. The number of carboxylic acid groups (broad SMARTS) is 1. The lowest BCUT2D eigenvalue weighted by molar-refractivity contribution is -0.142. The van der Waals surface area contributed by atoms with E-state index >= 15 is 0 Å². The van der Waals surface area contributed by atoms with Gasteiger partial charge in [-0.25, -0.2) is 0 Å². The summed E-state index contributed by atoms with van der Waals surface area (Å²) >= 11 is 5.89. The molecule has 2 heterocycles. The fourth-order valence-corrected chi connectivity index (χ4v) is 3.69. The first-order valence-corrected chi connectivity index (χ1v) is 8.25. The molecule has 2 saturated heterocycles. The SMILES string of the molecule is CN1CC(C(=O)N2C[C@@H](C(=O)O)[C@H](c3ccc(Cl)cc3)C2)CC1=O. The number of hydrogen-bond donors (Lipinski definition) is 1. The number of aliphatic carboxylic acids is 1. The van der Waals surface area contributed by atoms with Crippen LogP contribution >= 0.6 is 11.6 Å². The van der Waals surface area contributed by atoms with Crippen LogP contribution in [0.5, 0.6) is 0 Å². The number of carboxylic acids is 1. The monoisotopic (exact) mass is 350 g/mol. The second kappa shape index (κ2) is 6.43. The average molecular weight is 351 g/mol. The highest BCUT2D eigenvalue weighted by Crippen LogP contribution is 2.35. The number of nitrogens with zero attached hydrogens (tertiary/aromatic N) is 2. The van der Waals surface area contributed by atoms with Gasteiger partial charge < -0.3 is 14.9 Å². The number of halogens is 1. The van der Waals surface area contributed by atoms with Crippen molar-refractivity contribution in [2.45, 2.75) is 12.3 Å². The maximum atomic E-state index is 12.7. The third-order valence-electron chi connectivity index (χ3n) is 4.94. The van der Waals surface area contributed by atoms with E-state index in [4.69, 9.17) is 11.6 Å². The van der Waals surface area contributed by atoms with E-state index < -0.39 is 11.9 Å². The molecule has 2 aliphatic rings. The van der Waals surface area contributed by atoms with Gasteiger partial charge in [-0.05, 0) is 17.7 Å². The van der Waals surface area contributed by atoms with Gasteiger partial charge in [0.25, 0.3) is 0 Å². The van der Waals surface area contributed by atoms with Gasteiger partial charge in [-0.2, -0.15) is 0 Å². The van der Waals surface area contributed by atoms with Crippen LogP contribution in [0, 0.1) is 11.8 Å². The molecule has 1 unspecified atom stereocenters. The van der Waals surface area contributed by atoms with Crippen molar-refractivity contribution in [3.8, 4) is 0 Å². The lowest BCUT2D eigenvalue weighted by Crippen LogP contribution is -2.36. The molecule has 0 bridgehead atoms. The Morgan fingerprint density at radius 1 is 1.17 bits per heavy atom. The fourth-order valence-electron chi connectivity index (χ4n) is 3.57. The van der Waals surface area contributed by atoms with Crippen molar-refractivity contribution in [1.82, 2.24) is 9.80 Å². The lowest BCUT2D eigenvalue weighted by atomic mass is 9.89. The van der Waals surface area contributed by atoms with Crippen LogP contribution in [-0.4, -0.2) is 59.4 Å². The topological polar surface area (TPSA) is 77.9 Å². The summed E-state index contributed by atoms with van der Waals surface area (Å²) in [5.74, 6) is -2.37. The zero-order valence-electron chi connectivity index (χ0n) is 13.3. The largest absolute Gasteiger partial charge is 0.481 e. The highest BCUT2D eigenvalue weighted by molar-refractivity contribution is 6.30. The minimum absolute atomic E-state index is 0.0448. The van der Waals surface area contributed by atoms with Gasteiger partial charge in [0.2, 0.25) is 11.8 Å². The van der Waals surface area contributed by atoms with Gasteiger partial charge in [0.15, 0.2) is 0 Å². The molecule has 0 aromatic heterocycles. The van der Waals surface area contributed by atoms with Crippen molar-refractivity contribution in [3.05, 3.63) is 34.9 Å². The first-order chi connectivity index (χ1) is 11.4. The summed E-state index contributed by atoms with van der Waals surface area (Å²) in [6, 6.07) is 7.07. The average Bonchev–Trinajstić information content (AvgIpc) is 3.12. The lowest BCUT2D eigenvalue weighted by Gasteiger charge is -2.20. The summed E-state index contributed by atoms with van der Waals surface area (Å²) in [4.78, 5) is 39.1. The molecule has 3 rings (SSSR count). The zero-order chi connectivity index (χ0) is 17.4. The second-order valence-corrected chi connectivity index (χ2v) is 6.96. The van der Waals surface area contributed by atoms with Crippen LogP contribution in [0.25, 0.3) is 0 Å². The van der Waals surface area contributed by atoms with Crippen molar-refractivity contribution in [2.24, 2.45) is 11.8 Å². The Bertz CT molecular complexity index is 676. The summed E-state index contributed by atoms with van der Waals surface area (Å²) in [6.45, 7) is 0.930. The van der Waals surface area contributed by atoms with Gasteiger partial charge in [0.05, 0.1) is 11.8 Å². The number of carbonyl (C=O) groups excluding carboxylic acids is 2. The van der Waals surface area contributed by atoms with Gasteiger partial charge in [0.1, 0.15) is 0 Å². The normalized spacial score (nSPS) is 26.9. The highest BCUT2D eigenvalue weighted by Gasteiger charge is 2.43. The summed E-state index contributed by atoms with van der Waals surface area (Å²) < 4.78 is 0. The van der Waals surface area contributed by atoms with Crippen molar-refractivity contribution in [1.29, 1.82) is 0 Å². The third-order valence-corrected chi connectivity index (χ3v) is 5.19. The molecule has 3 atom stereocenters. The molecule has 0 aliphatic carbocycles. The Morgan fingerprint density at radius 2 is 1.83 bits per heavy atom. The van der Waals surface area contributed by atoms with Crippen molar-refractivity contribution in [2.75, 3.05) is 26.7 Å². The number of amides is 2. The van der Waals surface area contributed by atoms with Crippen molar-refractivity contribution < 1.29 is 19.5 Å².